The van der Waals surface area contributed by atoms with Crippen molar-refractivity contribution in [2.45, 2.75) is 37.3 Å². The number of allylic oxidation sites excluding steroid dienone is 4. The lowest BCUT2D eigenvalue weighted by Gasteiger charge is -2.22. The lowest BCUT2D eigenvalue weighted by atomic mass is 9.92. The Balaban J connectivity index is 1.65. The number of nitrogens with zero attached hydrogens (tertiary/aromatic N) is 2. The zero-order valence-corrected chi connectivity index (χ0v) is 21.0. The van der Waals surface area contributed by atoms with Gasteiger partial charge >= 0.3 is 0 Å². The highest BCUT2D eigenvalue weighted by Crippen LogP contribution is 2.41. The average Bonchev–Trinajstić information content (AvgIpc) is 3.32. The van der Waals surface area contributed by atoms with Gasteiger partial charge in [-0.1, -0.05) is 30.4 Å². The van der Waals surface area contributed by atoms with Gasteiger partial charge < -0.3 is 10.1 Å². The van der Waals surface area contributed by atoms with E-state index in [1.165, 1.54) is 13.2 Å². The molecule has 186 valence electrons. The van der Waals surface area contributed by atoms with Crippen LogP contribution in [0, 0.1) is 12.7 Å². The molecule has 0 saturated heterocycles. The number of pyridine rings is 2. The molecule has 0 fully saturated rings. The summed E-state index contributed by atoms with van der Waals surface area (Å²) in [5.74, 6) is 0.749. The number of anilines is 1. The first-order valence-corrected chi connectivity index (χ1v) is 12.9. The molecule has 1 aromatic carbocycles. The van der Waals surface area contributed by atoms with Crippen molar-refractivity contribution in [2.24, 2.45) is 0 Å². The second kappa shape index (κ2) is 10.3. The van der Waals surface area contributed by atoms with Gasteiger partial charge in [0, 0.05) is 36.9 Å². The molecule has 2 aliphatic rings. The number of rotatable bonds is 7. The van der Waals surface area contributed by atoms with Gasteiger partial charge in [0.15, 0.2) is 11.6 Å². The lowest BCUT2D eigenvalue weighted by molar-refractivity contribution is 0.387. The van der Waals surface area contributed by atoms with Crippen molar-refractivity contribution < 1.29 is 13.5 Å². The molecule has 1 unspecified atom stereocenters. The van der Waals surface area contributed by atoms with Crippen LogP contribution in [0.15, 0.2) is 76.0 Å². The topological polar surface area (TPSA) is 56.1 Å². The second-order valence-corrected chi connectivity index (χ2v) is 9.90. The fourth-order valence-corrected chi connectivity index (χ4v) is 6.21. The minimum atomic E-state index is -0.580. The Labute approximate surface area is 212 Å². The fourth-order valence-electron chi connectivity index (χ4n) is 4.83. The van der Waals surface area contributed by atoms with Crippen molar-refractivity contribution in [3.63, 3.8) is 0 Å². The summed E-state index contributed by atoms with van der Waals surface area (Å²) in [6.07, 6.45) is 6.90. The molecular formula is C28H27F2N3O2S. The molecule has 3 heterocycles. The smallest absolute Gasteiger partial charge is 0.260 e. The third kappa shape index (κ3) is 4.46. The standard InChI is InChI=1S/C28H27F2N3O2S/c1-17-21(14-18-8-3-4-10-22(18)29)28-33(19(16-36-28)15-32-24-12-5-6-13-31-24)27(34)25(17)20-9-7-11-23(35-2)26(20)30/h3,5-9,11-13,19H,4,10,14-16H2,1-2H3,(H,31,32). The number of aromatic nitrogens is 2. The van der Waals surface area contributed by atoms with Gasteiger partial charge in [0.1, 0.15) is 11.6 Å². The van der Waals surface area contributed by atoms with Gasteiger partial charge in [-0.25, -0.2) is 13.8 Å². The molecule has 0 bridgehead atoms. The first kappa shape index (κ1) is 24.3. The third-order valence-corrected chi connectivity index (χ3v) is 7.98. The Bertz CT molecular complexity index is 1420. The number of hydrogen-bond donors (Lipinski definition) is 1. The molecule has 8 heteroatoms. The monoisotopic (exact) mass is 507 g/mol. The normalized spacial score (nSPS) is 16.8. The van der Waals surface area contributed by atoms with E-state index in [0.717, 1.165) is 16.4 Å². The van der Waals surface area contributed by atoms with Crippen LogP contribution in [0.5, 0.6) is 5.75 Å². The van der Waals surface area contributed by atoms with E-state index in [1.54, 1.807) is 34.7 Å². The van der Waals surface area contributed by atoms with E-state index in [2.05, 4.69) is 10.3 Å². The lowest BCUT2D eigenvalue weighted by Crippen LogP contribution is -2.31. The Morgan fingerprint density at radius 2 is 2.08 bits per heavy atom. The summed E-state index contributed by atoms with van der Waals surface area (Å²) in [4.78, 5) is 18.3. The van der Waals surface area contributed by atoms with Crippen LogP contribution in [-0.2, 0) is 6.42 Å². The minimum Gasteiger partial charge on any atom is -0.494 e. The molecule has 36 heavy (non-hydrogen) atoms. The fraction of sp³-hybridized carbons (Fsp3) is 0.286. The van der Waals surface area contributed by atoms with E-state index in [9.17, 15) is 9.18 Å². The molecule has 0 radical (unpaired) electrons. The summed E-state index contributed by atoms with van der Waals surface area (Å²) in [5, 5.41) is 4.12. The summed E-state index contributed by atoms with van der Waals surface area (Å²) in [6, 6.07) is 10.2. The molecule has 5 nitrogen and oxygen atoms in total. The van der Waals surface area contributed by atoms with Gasteiger partial charge in [0.2, 0.25) is 0 Å². The molecule has 3 aromatic rings. The van der Waals surface area contributed by atoms with Crippen LogP contribution in [0.4, 0.5) is 14.6 Å². The van der Waals surface area contributed by atoms with E-state index in [4.69, 9.17) is 4.74 Å². The maximum Gasteiger partial charge on any atom is 0.260 e. The molecule has 0 spiro atoms. The molecular weight excluding hydrogens is 480 g/mol. The van der Waals surface area contributed by atoms with E-state index < -0.39 is 5.82 Å². The largest absolute Gasteiger partial charge is 0.494 e. The van der Waals surface area contributed by atoms with Gasteiger partial charge in [-0.15, -0.1) is 11.8 Å². The Morgan fingerprint density at radius 1 is 1.22 bits per heavy atom. The van der Waals surface area contributed by atoms with Crippen LogP contribution < -0.4 is 15.6 Å². The predicted octanol–water partition coefficient (Wildman–Crippen LogP) is 6.24. The summed E-state index contributed by atoms with van der Waals surface area (Å²) in [6.45, 7) is 2.31. The van der Waals surface area contributed by atoms with Crippen molar-refractivity contribution in [3.05, 3.63) is 93.4 Å². The molecule has 1 aliphatic carbocycles. The predicted molar refractivity (Wildman–Crippen MR) is 140 cm³/mol. The number of hydrogen-bond acceptors (Lipinski definition) is 5. The zero-order chi connectivity index (χ0) is 25.2. The SMILES string of the molecule is COc1cccc(-c2c(C)c(CC3=C(F)CCC=C3)c3n(c2=O)C(CNc2ccccn2)CS3)c1F. The van der Waals surface area contributed by atoms with Crippen molar-refractivity contribution in [2.75, 3.05) is 24.7 Å². The number of methoxy groups -OCH3 is 1. The molecule has 1 atom stereocenters. The van der Waals surface area contributed by atoms with Crippen LogP contribution in [0.3, 0.4) is 0 Å². The first-order chi connectivity index (χ1) is 17.5. The summed E-state index contributed by atoms with van der Waals surface area (Å²) in [5.41, 5.74) is 2.35. The van der Waals surface area contributed by atoms with Crippen LogP contribution in [0.25, 0.3) is 11.1 Å². The number of nitrogens with one attached hydrogen (secondary N) is 1. The van der Waals surface area contributed by atoms with Crippen molar-refractivity contribution in [1.82, 2.24) is 9.55 Å². The summed E-state index contributed by atoms with van der Waals surface area (Å²) in [7, 11) is 1.40. The Kier molecular flexibility index (Phi) is 6.96. The van der Waals surface area contributed by atoms with Crippen molar-refractivity contribution >= 4 is 17.6 Å². The number of fused-ring (bicyclic) bond motifs is 1. The second-order valence-electron chi connectivity index (χ2n) is 8.89. The number of thioether (sulfide) groups is 1. The van der Waals surface area contributed by atoms with Gasteiger partial charge in [-0.3, -0.25) is 9.36 Å². The summed E-state index contributed by atoms with van der Waals surface area (Å²) >= 11 is 1.59. The maximum atomic E-state index is 15.4. The molecule has 2 aromatic heterocycles. The third-order valence-electron chi connectivity index (χ3n) is 6.72. The summed E-state index contributed by atoms with van der Waals surface area (Å²) < 4.78 is 37.1. The maximum absolute atomic E-state index is 15.4. The minimum absolute atomic E-state index is 0.0741. The number of benzene rings is 1. The molecule has 0 amide bonds. The number of ether oxygens (including phenoxy) is 1. The zero-order valence-electron chi connectivity index (χ0n) is 20.2. The van der Waals surface area contributed by atoms with Crippen molar-refractivity contribution in [1.29, 1.82) is 0 Å². The van der Waals surface area contributed by atoms with Crippen LogP contribution in [0.2, 0.25) is 0 Å². The van der Waals surface area contributed by atoms with Crippen LogP contribution >= 0.6 is 11.8 Å². The van der Waals surface area contributed by atoms with Crippen LogP contribution in [0.1, 0.15) is 30.0 Å². The highest BCUT2D eigenvalue weighted by atomic mass is 32.2. The van der Waals surface area contributed by atoms with Crippen molar-refractivity contribution in [3.8, 4) is 16.9 Å². The van der Waals surface area contributed by atoms with Gasteiger partial charge in [-0.2, -0.15) is 0 Å². The highest BCUT2D eigenvalue weighted by Gasteiger charge is 2.32. The van der Waals surface area contributed by atoms with Crippen LogP contribution in [-0.4, -0.2) is 29.0 Å². The van der Waals surface area contributed by atoms with Gasteiger partial charge in [0.05, 0.1) is 23.7 Å². The van der Waals surface area contributed by atoms with E-state index in [0.29, 0.717) is 42.7 Å². The molecule has 1 aliphatic heterocycles. The quantitative estimate of drug-likeness (QED) is 0.410. The Hall–Kier alpha value is -3.39. The molecule has 0 saturated carbocycles. The van der Waals surface area contributed by atoms with E-state index in [-0.39, 0.29) is 34.3 Å². The first-order valence-electron chi connectivity index (χ1n) is 11.9. The highest BCUT2D eigenvalue weighted by molar-refractivity contribution is 7.99. The van der Waals surface area contributed by atoms with E-state index >= 15 is 4.39 Å². The van der Waals surface area contributed by atoms with Gasteiger partial charge in [0.25, 0.3) is 5.56 Å². The van der Waals surface area contributed by atoms with Gasteiger partial charge in [-0.05, 0) is 48.2 Å². The molecule has 5 rings (SSSR count). The average molecular weight is 508 g/mol. The van der Waals surface area contributed by atoms with E-state index in [1.807, 2.05) is 37.3 Å². The number of halogens is 2. The Morgan fingerprint density at radius 3 is 2.83 bits per heavy atom. The molecule has 1 N–H and O–H groups in total.